The molecule has 0 saturated carbocycles. The van der Waals surface area contributed by atoms with E-state index in [9.17, 15) is 16.8 Å². The van der Waals surface area contributed by atoms with Crippen molar-refractivity contribution in [2.24, 2.45) is 5.14 Å². The Morgan fingerprint density at radius 1 is 1.00 bits per heavy atom. The maximum atomic E-state index is 12.3. The Balaban J connectivity index is 2.39. The van der Waals surface area contributed by atoms with Crippen molar-refractivity contribution >= 4 is 41.7 Å². The van der Waals surface area contributed by atoms with Gasteiger partial charge < -0.3 is 0 Å². The maximum Gasteiger partial charge on any atom is 0.261 e. The molecule has 6 nitrogen and oxygen atoms in total. The van der Waals surface area contributed by atoms with Crippen LogP contribution in [0.3, 0.4) is 0 Å². The van der Waals surface area contributed by atoms with Gasteiger partial charge in [-0.15, -0.1) is 0 Å². The first-order chi connectivity index (χ1) is 10.1. The van der Waals surface area contributed by atoms with E-state index >= 15 is 0 Å². The highest BCUT2D eigenvalue weighted by molar-refractivity contribution is 9.10. The largest absolute Gasteiger partial charge is 0.280 e. The van der Waals surface area contributed by atoms with E-state index in [0.29, 0.717) is 0 Å². The van der Waals surface area contributed by atoms with Crippen LogP contribution in [0.25, 0.3) is 0 Å². The molecule has 2 aromatic carbocycles. The zero-order valence-corrected chi connectivity index (χ0v) is 14.7. The Hall–Kier alpha value is -1.42. The lowest BCUT2D eigenvalue weighted by Crippen LogP contribution is -2.15. The molecule has 2 aromatic rings. The smallest absolute Gasteiger partial charge is 0.261 e. The van der Waals surface area contributed by atoms with Gasteiger partial charge in [-0.05, 0) is 48.9 Å². The number of rotatable bonds is 4. The molecule has 0 aliphatic carbocycles. The molecule has 0 heterocycles. The molecule has 0 atom stereocenters. The molecular formula is C13H13BrN2O4S2. The van der Waals surface area contributed by atoms with Gasteiger partial charge in [0, 0.05) is 4.47 Å². The lowest BCUT2D eigenvalue weighted by Gasteiger charge is -2.10. The molecular weight excluding hydrogens is 392 g/mol. The quantitative estimate of drug-likeness (QED) is 0.813. The van der Waals surface area contributed by atoms with Crippen LogP contribution in [0.2, 0.25) is 0 Å². The van der Waals surface area contributed by atoms with Crippen molar-refractivity contribution in [3.8, 4) is 0 Å². The minimum Gasteiger partial charge on any atom is -0.280 e. The first-order valence-corrected chi connectivity index (χ1v) is 9.84. The Morgan fingerprint density at radius 2 is 1.68 bits per heavy atom. The van der Waals surface area contributed by atoms with Crippen LogP contribution in [-0.4, -0.2) is 16.8 Å². The summed E-state index contributed by atoms with van der Waals surface area (Å²) in [7, 11) is -7.72. The van der Waals surface area contributed by atoms with Gasteiger partial charge in [-0.3, -0.25) is 4.72 Å². The molecule has 0 aromatic heterocycles. The van der Waals surface area contributed by atoms with Gasteiger partial charge in [-0.2, -0.15) is 0 Å². The number of nitrogens with two attached hydrogens (primary N) is 1. The first-order valence-electron chi connectivity index (χ1n) is 6.01. The fourth-order valence-electron chi connectivity index (χ4n) is 1.73. The van der Waals surface area contributed by atoms with Gasteiger partial charge in [-0.25, -0.2) is 22.0 Å². The summed E-state index contributed by atoms with van der Waals surface area (Å²) in [5.41, 5.74) is 0.883. The highest BCUT2D eigenvalue weighted by Crippen LogP contribution is 2.23. The maximum absolute atomic E-state index is 12.3. The molecule has 0 unspecified atom stereocenters. The van der Waals surface area contributed by atoms with E-state index in [-0.39, 0.29) is 15.5 Å². The lowest BCUT2D eigenvalue weighted by atomic mass is 10.2. The van der Waals surface area contributed by atoms with Crippen molar-refractivity contribution in [3.63, 3.8) is 0 Å². The summed E-state index contributed by atoms with van der Waals surface area (Å²) >= 11 is 3.30. The molecule has 3 N–H and O–H groups in total. The van der Waals surface area contributed by atoms with Gasteiger partial charge in [-0.1, -0.05) is 22.0 Å². The fraction of sp³-hybridized carbons (Fsp3) is 0.0769. The number of halogens is 1. The Kier molecular flexibility index (Phi) is 4.62. The molecule has 0 radical (unpaired) electrons. The van der Waals surface area contributed by atoms with Crippen molar-refractivity contribution < 1.29 is 16.8 Å². The summed E-state index contributed by atoms with van der Waals surface area (Å²) in [6.45, 7) is 1.77. The van der Waals surface area contributed by atoms with Gasteiger partial charge in [0.25, 0.3) is 10.0 Å². The third kappa shape index (κ3) is 3.86. The number of hydrogen-bond acceptors (Lipinski definition) is 4. The van der Waals surface area contributed by atoms with Crippen LogP contribution in [0.1, 0.15) is 5.56 Å². The van der Waals surface area contributed by atoms with E-state index in [1.54, 1.807) is 13.0 Å². The molecule has 0 spiro atoms. The highest BCUT2D eigenvalue weighted by atomic mass is 79.9. The molecule has 0 aliphatic heterocycles. The molecule has 118 valence electrons. The molecule has 9 heteroatoms. The van der Waals surface area contributed by atoms with Crippen LogP contribution in [-0.2, 0) is 20.0 Å². The number of primary sulfonamides is 1. The van der Waals surface area contributed by atoms with Crippen molar-refractivity contribution in [2.45, 2.75) is 16.7 Å². The van der Waals surface area contributed by atoms with Crippen molar-refractivity contribution in [2.75, 3.05) is 4.72 Å². The molecule has 22 heavy (non-hydrogen) atoms. The predicted molar refractivity (Wildman–Crippen MR) is 87.5 cm³/mol. The predicted octanol–water partition coefficient (Wildman–Crippen LogP) is 2.21. The first kappa shape index (κ1) is 16.9. The Labute approximate surface area is 137 Å². The van der Waals surface area contributed by atoms with Crippen molar-refractivity contribution in [3.05, 3.63) is 52.5 Å². The number of sulfonamides is 2. The summed E-state index contributed by atoms with van der Waals surface area (Å²) in [5.74, 6) is 0. The zero-order chi connectivity index (χ0) is 16.5. The number of nitrogens with one attached hydrogen (secondary N) is 1. The number of benzene rings is 2. The number of aryl methyl sites for hydroxylation is 1. The summed E-state index contributed by atoms with van der Waals surface area (Å²) in [6, 6.07) is 9.89. The molecule has 2 rings (SSSR count). The topological polar surface area (TPSA) is 106 Å². The van der Waals surface area contributed by atoms with E-state index in [0.717, 1.165) is 10.0 Å². The van der Waals surface area contributed by atoms with Crippen molar-refractivity contribution in [1.29, 1.82) is 0 Å². The summed E-state index contributed by atoms with van der Waals surface area (Å²) in [4.78, 5) is -0.0890. The normalized spacial score (nSPS) is 12.1. The van der Waals surface area contributed by atoms with Crippen molar-refractivity contribution in [1.82, 2.24) is 0 Å². The standard InChI is InChI=1S/C13H13BrN2O4S2/c1-9-7-12(5-6-13(9)14)22(19,20)16-10-3-2-4-11(8-10)21(15,17)18/h2-8,16H,1H3,(H2,15,17,18). The van der Waals surface area contributed by atoms with Gasteiger partial charge in [0.05, 0.1) is 15.5 Å². The number of hydrogen-bond donors (Lipinski definition) is 2. The second kappa shape index (κ2) is 5.99. The van der Waals surface area contributed by atoms with E-state index in [1.807, 2.05) is 0 Å². The van der Waals surface area contributed by atoms with Crippen LogP contribution >= 0.6 is 15.9 Å². The highest BCUT2D eigenvalue weighted by Gasteiger charge is 2.16. The summed E-state index contributed by atoms with van der Waals surface area (Å²) in [5, 5.41) is 5.03. The lowest BCUT2D eigenvalue weighted by molar-refractivity contribution is 0.596. The summed E-state index contributed by atoms with van der Waals surface area (Å²) in [6.07, 6.45) is 0. The zero-order valence-electron chi connectivity index (χ0n) is 11.4. The Bertz CT molecular complexity index is 925. The van der Waals surface area contributed by atoms with Crippen LogP contribution < -0.4 is 9.86 Å². The van der Waals surface area contributed by atoms with Gasteiger partial charge >= 0.3 is 0 Å². The minimum atomic E-state index is -3.90. The average Bonchev–Trinajstić information content (AvgIpc) is 2.40. The molecule has 0 bridgehead atoms. The second-order valence-electron chi connectivity index (χ2n) is 4.59. The summed E-state index contributed by atoms with van der Waals surface area (Å²) < 4.78 is 50.4. The van der Waals surface area contributed by atoms with E-state index in [4.69, 9.17) is 5.14 Å². The van der Waals surface area contributed by atoms with Gasteiger partial charge in [0.2, 0.25) is 10.0 Å². The SMILES string of the molecule is Cc1cc(S(=O)(=O)Nc2cccc(S(N)(=O)=O)c2)ccc1Br. The third-order valence-corrected chi connectivity index (χ3v) is 6.03. The minimum absolute atomic E-state index is 0.0780. The van der Waals surface area contributed by atoms with Crippen LogP contribution in [0.5, 0.6) is 0 Å². The Morgan fingerprint density at radius 3 is 2.27 bits per heavy atom. The van der Waals surface area contributed by atoms with Crippen LogP contribution in [0.15, 0.2) is 56.7 Å². The van der Waals surface area contributed by atoms with Crippen LogP contribution in [0.4, 0.5) is 5.69 Å². The molecule has 0 saturated heterocycles. The molecule has 0 amide bonds. The fourth-order valence-corrected chi connectivity index (χ4v) is 3.68. The number of anilines is 1. The third-order valence-electron chi connectivity index (χ3n) is 2.85. The average molecular weight is 405 g/mol. The van der Waals surface area contributed by atoms with E-state index < -0.39 is 20.0 Å². The van der Waals surface area contributed by atoms with E-state index in [1.165, 1.54) is 36.4 Å². The van der Waals surface area contributed by atoms with Crippen LogP contribution in [0, 0.1) is 6.92 Å². The molecule has 0 fully saturated rings. The van der Waals surface area contributed by atoms with E-state index in [2.05, 4.69) is 20.7 Å². The molecule has 0 aliphatic rings. The second-order valence-corrected chi connectivity index (χ2v) is 8.69. The monoisotopic (exact) mass is 404 g/mol. The van der Waals surface area contributed by atoms with Gasteiger partial charge in [0.1, 0.15) is 0 Å². The van der Waals surface area contributed by atoms with Gasteiger partial charge in [0.15, 0.2) is 0 Å².